The van der Waals surface area contributed by atoms with Crippen molar-refractivity contribution in [3.05, 3.63) is 72.8 Å². The predicted molar refractivity (Wildman–Crippen MR) is 144 cm³/mol. The van der Waals surface area contributed by atoms with Gasteiger partial charge in [-0.25, -0.2) is 4.79 Å². The first kappa shape index (κ1) is 26.4. The van der Waals surface area contributed by atoms with Gasteiger partial charge in [0, 0.05) is 12.7 Å². The molecule has 0 bridgehead atoms. The molecule has 0 spiro atoms. The van der Waals surface area contributed by atoms with Crippen molar-refractivity contribution in [2.24, 2.45) is 11.8 Å². The van der Waals surface area contributed by atoms with Crippen molar-refractivity contribution in [2.75, 3.05) is 6.61 Å². The molecule has 0 aliphatic heterocycles. The van der Waals surface area contributed by atoms with Crippen LogP contribution in [0.2, 0.25) is 5.04 Å². The van der Waals surface area contributed by atoms with Gasteiger partial charge in [-0.15, -0.1) is 0 Å². The zero-order valence-corrected chi connectivity index (χ0v) is 22.8. The molecule has 0 radical (unpaired) electrons. The number of rotatable bonds is 7. The minimum absolute atomic E-state index is 0.00304. The number of hydrogen-bond acceptors (Lipinski definition) is 3. The van der Waals surface area contributed by atoms with Gasteiger partial charge in [0.25, 0.3) is 8.32 Å². The average molecular weight is 479 g/mol. The Balaban J connectivity index is 1.70. The molecule has 0 aromatic heterocycles. The Hall–Kier alpha value is -2.17. The molecular formula is C30H42O3Si. The summed E-state index contributed by atoms with van der Waals surface area (Å²) >= 11 is 0. The fourth-order valence-electron chi connectivity index (χ4n) is 5.10. The Labute approximate surface area is 207 Å². The van der Waals surface area contributed by atoms with Crippen molar-refractivity contribution in [3.8, 4) is 0 Å². The van der Waals surface area contributed by atoms with Crippen molar-refractivity contribution < 1.29 is 14.0 Å². The summed E-state index contributed by atoms with van der Waals surface area (Å²) in [7, 11) is -2.48. The number of carbonyl (C=O) groups excluding carboxylic acids is 1. The van der Waals surface area contributed by atoms with Crippen LogP contribution in [0.4, 0.5) is 0 Å². The number of ether oxygens (including phenoxy) is 1. The maximum Gasteiger partial charge on any atom is 0.330 e. The molecule has 1 saturated carbocycles. The van der Waals surface area contributed by atoms with Crippen molar-refractivity contribution in [1.29, 1.82) is 0 Å². The van der Waals surface area contributed by atoms with Crippen molar-refractivity contribution in [1.82, 2.24) is 0 Å². The maximum atomic E-state index is 12.0. The van der Waals surface area contributed by atoms with Gasteiger partial charge >= 0.3 is 5.97 Å². The van der Waals surface area contributed by atoms with E-state index < -0.39 is 13.9 Å². The Bertz CT molecular complexity index is 891. The summed E-state index contributed by atoms with van der Waals surface area (Å²) in [6.07, 6.45) is 8.10. The first-order valence-corrected chi connectivity index (χ1v) is 14.6. The van der Waals surface area contributed by atoms with Crippen LogP contribution in [0.3, 0.4) is 0 Å². The topological polar surface area (TPSA) is 35.5 Å². The molecule has 0 N–H and O–H groups in total. The summed E-state index contributed by atoms with van der Waals surface area (Å²) < 4.78 is 12.5. The van der Waals surface area contributed by atoms with E-state index >= 15 is 0 Å². The standard InChI is InChI=1S/C30H42O3Si/c1-29(2,3)33-28(31)22-21-24-17-19-25(20-18-24)23-32-34(30(4,5)6,26-13-9-7-10-14-26)27-15-11-8-12-16-27/h7-16,21-22,24-25H,17-20,23H2,1-6H3/b22-21+. The van der Waals surface area contributed by atoms with Crippen LogP contribution >= 0.6 is 0 Å². The van der Waals surface area contributed by atoms with Crippen molar-refractivity contribution in [3.63, 3.8) is 0 Å². The summed E-state index contributed by atoms with van der Waals surface area (Å²) in [5.41, 5.74) is -0.447. The van der Waals surface area contributed by atoms with Gasteiger partial charge in [-0.3, -0.25) is 0 Å². The second kappa shape index (κ2) is 11.0. The molecule has 1 aliphatic rings. The van der Waals surface area contributed by atoms with Crippen LogP contribution in [0, 0.1) is 11.8 Å². The third-order valence-corrected chi connectivity index (χ3v) is 11.8. The van der Waals surface area contributed by atoms with E-state index in [4.69, 9.17) is 9.16 Å². The highest BCUT2D eigenvalue weighted by Gasteiger charge is 2.50. The highest BCUT2D eigenvalue weighted by Crippen LogP contribution is 2.38. The van der Waals surface area contributed by atoms with Crippen LogP contribution in [0.1, 0.15) is 67.2 Å². The fourth-order valence-corrected chi connectivity index (χ4v) is 9.74. The molecule has 0 saturated heterocycles. The second-order valence-electron chi connectivity index (χ2n) is 11.6. The molecule has 3 rings (SSSR count). The first-order valence-electron chi connectivity index (χ1n) is 12.7. The minimum atomic E-state index is -2.48. The van der Waals surface area contributed by atoms with Crippen molar-refractivity contribution >= 4 is 24.7 Å². The Kier molecular flexibility index (Phi) is 8.59. The number of carbonyl (C=O) groups is 1. The lowest BCUT2D eigenvalue weighted by molar-refractivity contribution is -0.148. The van der Waals surface area contributed by atoms with Gasteiger partial charge in [0.2, 0.25) is 0 Å². The zero-order chi connectivity index (χ0) is 24.8. The predicted octanol–water partition coefficient (Wildman–Crippen LogP) is 6.27. The van der Waals surface area contributed by atoms with Gasteiger partial charge in [-0.2, -0.15) is 0 Å². The first-order chi connectivity index (χ1) is 16.0. The lowest BCUT2D eigenvalue weighted by Gasteiger charge is -2.44. The van der Waals surface area contributed by atoms with E-state index in [-0.39, 0.29) is 11.0 Å². The molecule has 34 heavy (non-hydrogen) atoms. The van der Waals surface area contributed by atoms with E-state index in [2.05, 4.69) is 81.4 Å². The number of allylic oxidation sites excluding steroid dienone is 1. The Morgan fingerprint density at radius 3 is 1.79 bits per heavy atom. The minimum Gasteiger partial charge on any atom is -0.457 e. The molecule has 4 heteroatoms. The van der Waals surface area contributed by atoms with Gasteiger partial charge in [0.15, 0.2) is 0 Å². The smallest absolute Gasteiger partial charge is 0.330 e. The van der Waals surface area contributed by atoms with Gasteiger partial charge in [-0.1, -0.05) is 87.5 Å². The normalized spacial score (nSPS) is 19.8. The number of esters is 1. The summed E-state index contributed by atoms with van der Waals surface area (Å²) in [5.74, 6) is 0.745. The summed E-state index contributed by atoms with van der Waals surface area (Å²) in [6, 6.07) is 21.7. The molecular weight excluding hydrogens is 436 g/mol. The maximum absolute atomic E-state index is 12.0. The largest absolute Gasteiger partial charge is 0.457 e. The third kappa shape index (κ3) is 6.70. The van der Waals surface area contributed by atoms with Crippen LogP contribution < -0.4 is 10.4 Å². The molecule has 0 heterocycles. The fraction of sp³-hybridized carbons (Fsp3) is 0.500. The monoisotopic (exact) mass is 478 g/mol. The molecule has 2 aromatic rings. The van der Waals surface area contributed by atoms with Crippen LogP contribution in [0.5, 0.6) is 0 Å². The molecule has 2 aromatic carbocycles. The molecule has 184 valence electrons. The summed E-state index contributed by atoms with van der Waals surface area (Å²) in [5, 5.41) is 2.67. The molecule has 1 aliphatic carbocycles. The number of hydrogen-bond donors (Lipinski definition) is 0. The third-order valence-electron chi connectivity index (χ3n) is 6.76. The van der Waals surface area contributed by atoms with Gasteiger partial charge < -0.3 is 9.16 Å². The quantitative estimate of drug-likeness (QED) is 0.267. The van der Waals surface area contributed by atoms with Gasteiger partial charge in [0.05, 0.1) is 0 Å². The van der Waals surface area contributed by atoms with Gasteiger partial charge in [-0.05, 0) is 73.7 Å². The van der Waals surface area contributed by atoms with Gasteiger partial charge in [0.1, 0.15) is 5.60 Å². The van der Waals surface area contributed by atoms with E-state index in [0.717, 1.165) is 32.3 Å². The highest BCUT2D eigenvalue weighted by molar-refractivity contribution is 6.99. The zero-order valence-electron chi connectivity index (χ0n) is 21.8. The van der Waals surface area contributed by atoms with Crippen LogP contribution in [-0.2, 0) is 14.0 Å². The Morgan fingerprint density at radius 2 is 1.35 bits per heavy atom. The molecule has 1 fully saturated rings. The lowest BCUT2D eigenvalue weighted by Crippen LogP contribution is -2.66. The average Bonchev–Trinajstić information content (AvgIpc) is 2.78. The summed E-state index contributed by atoms with van der Waals surface area (Å²) in [6.45, 7) is 13.5. The summed E-state index contributed by atoms with van der Waals surface area (Å²) in [4.78, 5) is 12.0. The van der Waals surface area contributed by atoms with E-state index in [9.17, 15) is 4.79 Å². The number of benzene rings is 2. The van der Waals surface area contributed by atoms with E-state index in [1.54, 1.807) is 6.08 Å². The van der Waals surface area contributed by atoms with E-state index in [1.807, 2.05) is 26.8 Å². The Morgan fingerprint density at radius 1 is 0.853 bits per heavy atom. The van der Waals surface area contributed by atoms with E-state index in [1.165, 1.54) is 10.4 Å². The molecule has 0 amide bonds. The van der Waals surface area contributed by atoms with Crippen LogP contribution in [0.25, 0.3) is 0 Å². The lowest BCUT2D eigenvalue weighted by atomic mass is 9.82. The van der Waals surface area contributed by atoms with Crippen molar-refractivity contribution in [2.45, 2.75) is 77.9 Å². The second-order valence-corrected chi connectivity index (χ2v) is 16.0. The highest BCUT2D eigenvalue weighted by atomic mass is 28.4. The van der Waals surface area contributed by atoms with Crippen LogP contribution in [-0.4, -0.2) is 26.5 Å². The molecule has 0 unspecified atom stereocenters. The molecule has 3 nitrogen and oxygen atoms in total. The van der Waals surface area contributed by atoms with Crippen LogP contribution in [0.15, 0.2) is 72.8 Å². The SMILES string of the molecule is CC(C)(C)OC(=O)/C=C/C1CCC(CO[Si](c2ccccc2)(c2ccccc2)C(C)(C)C)CC1. The molecule has 0 atom stereocenters. The van der Waals surface area contributed by atoms with E-state index in [0.29, 0.717) is 11.8 Å².